The summed E-state index contributed by atoms with van der Waals surface area (Å²) in [5.74, 6) is 0.359. The average Bonchev–Trinajstić information content (AvgIpc) is 2.45. The van der Waals surface area contributed by atoms with Crippen LogP contribution in [0.25, 0.3) is 0 Å². The number of rotatable bonds is 5. The zero-order valence-corrected chi connectivity index (χ0v) is 10.9. The van der Waals surface area contributed by atoms with Gasteiger partial charge in [0.25, 0.3) is 0 Å². The molecular weight excluding hydrogens is 283 g/mol. The van der Waals surface area contributed by atoms with Gasteiger partial charge in [-0.1, -0.05) is 18.2 Å². The normalized spacial score (nSPS) is 11.0. The third-order valence-corrected chi connectivity index (χ3v) is 2.46. The van der Waals surface area contributed by atoms with E-state index in [1.54, 1.807) is 6.08 Å². The van der Waals surface area contributed by atoms with Gasteiger partial charge in [-0.15, -0.1) is 11.7 Å². The number of para-hydroxylation sites is 1. The molecule has 0 aliphatic carbocycles. The Kier molecular flexibility index (Phi) is 4.36. The Bertz CT molecular complexity index is 627. The molecule has 0 spiro atoms. The van der Waals surface area contributed by atoms with E-state index in [9.17, 15) is 13.2 Å². The molecule has 0 saturated carbocycles. The number of nitrogens with one attached hydrogen (secondary N) is 2. The molecule has 0 bridgehead atoms. The Morgan fingerprint density at radius 1 is 1.24 bits per heavy atom. The number of halogens is 3. The molecule has 8 heteroatoms. The third-order valence-electron chi connectivity index (χ3n) is 2.46. The number of hydrogen-bond donors (Lipinski definition) is 2. The Morgan fingerprint density at radius 3 is 2.71 bits per heavy atom. The summed E-state index contributed by atoms with van der Waals surface area (Å²) in [4.78, 5) is 4.02. The molecule has 5 nitrogen and oxygen atoms in total. The first kappa shape index (κ1) is 14.8. The minimum Gasteiger partial charge on any atom is -0.349 e. The van der Waals surface area contributed by atoms with E-state index in [0.717, 1.165) is 6.07 Å². The second-order valence-electron chi connectivity index (χ2n) is 4.00. The number of benzene rings is 1. The summed E-state index contributed by atoms with van der Waals surface area (Å²) in [5, 5.41) is 12.8. The molecule has 1 heterocycles. The van der Waals surface area contributed by atoms with Gasteiger partial charge in [0, 0.05) is 6.54 Å². The summed E-state index contributed by atoms with van der Waals surface area (Å²) >= 11 is 0. The van der Waals surface area contributed by atoms with Gasteiger partial charge in [0.15, 0.2) is 5.82 Å². The van der Waals surface area contributed by atoms with Crippen LogP contribution in [0.4, 0.5) is 30.6 Å². The molecule has 21 heavy (non-hydrogen) atoms. The van der Waals surface area contributed by atoms with Crippen LogP contribution in [0.5, 0.6) is 0 Å². The zero-order valence-electron chi connectivity index (χ0n) is 10.9. The summed E-state index contributed by atoms with van der Waals surface area (Å²) in [5.41, 5.74) is -0.871. The number of alkyl halides is 3. The van der Waals surface area contributed by atoms with Crippen LogP contribution in [0.3, 0.4) is 0 Å². The van der Waals surface area contributed by atoms with Crippen LogP contribution in [0.15, 0.2) is 43.1 Å². The molecule has 0 amide bonds. The molecule has 2 aromatic rings. The Labute approximate surface area is 118 Å². The lowest BCUT2D eigenvalue weighted by Crippen LogP contribution is -2.10. The van der Waals surface area contributed by atoms with Gasteiger partial charge in [-0.2, -0.15) is 23.3 Å². The molecule has 2 N–H and O–H groups in total. The molecular formula is C13H12F3N5. The second kappa shape index (κ2) is 6.21. The molecule has 0 unspecified atom stereocenters. The van der Waals surface area contributed by atoms with Gasteiger partial charge in [-0.3, -0.25) is 0 Å². The summed E-state index contributed by atoms with van der Waals surface area (Å²) in [7, 11) is 0. The van der Waals surface area contributed by atoms with Gasteiger partial charge in [0.2, 0.25) is 5.95 Å². The highest BCUT2D eigenvalue weighted by Gasteiger charge is 2.33. The monoisotopic (exact) mass is 295 g/mol. The van der Waals surface area contributed by atoms with Crippen LogP contribution in [-0.2, 0) is 6.18 Å². The maximum atomic E-state index is 12.9. The number of anilines is 3. The maximum Gasteiger partial charge on any atom is 0.418 e. The lowest BCUT2D eigenvalue weighted by Gasteiger charge is -2.13. The van der Waals surface area contributed by atoms with Crippen LogP contribution in [0.2, 0.25) is 0 Å². The first-order chi connectivity index (χ1) is 10.0. The van der Waals surface area contributed by atoms with Crippen LogP contribution in [0, 0.1) is 0 Å². The molecule has 0 atom stereocenters. The molecule has 2 rings (SSSR count). The van der Waals surface area contributed by atoms with Gasteiger partial charge in [-0.25, -0.2) is 0 Å². The van der Waals surface area contributed by atoms with Crippen molar-refractivity contribution in [2.75, 3.05) is 17.2 Å². The van der Waals surface area contributed by atoms with E-state index in [1.165, 1.54) is 24.4 Å². The van der Waals surface area contributed by atoms with E-state index < -0.39 is 11.7 Å². The van der Waals surface area contributed by atoms with Crippen molar-refractivity contribution in [2.24, 2.45) is 0 Å². The maximum absolute atomic E-state index is 12.9. The molecule has 1 aromatic carbocycles. The molecule has 0 saturated heterocycles. The van der Waals surface area contributed by atoms with Gasteiger partial charge >= 0.3 is 6.18 Å². The standard InChI is InChI=1S/C13H12F3N5/c1-2-7-17-12-20-11(8-18-21-12)19-10-6-4-3-5-9(10)13(14,15)16/h2-6,8H,1,7H2,(H2,17,19,20,21). The SMILES string of the molecule is C=CCNc1nncc(Nc2ccccc2C(F)(F)F)n1. The summed E-state index contributed by atoms with van der Waals surface area (Å²) in [6.45, 7) is 3.95. The number of hydrogen-bond acceptors (Lipinski definition) is 5. The fourth-order valence-electron chi connectivity index (χ4n) is 1.58. The van der Waals surface area contributed by atoms with Crippen molar-refractivity contribution < 1.29 is 13.2 Å². The summed E-state index contributed by atoms with van der Waals surface area (Å²) in [6.07, 6.45) is -1.61. The molecule has 0 fully saturated rings. The molecule has 0 aliphatic heterocycles. The topological polar surface area (TPSA) is 62.7 Å². The van der Waals surface area contributed by atoms with Crippen molar-refractivity contribution in [3.8, 4) is 0 Å². The highest BCUT2D eigenvalue weighted by atomic mass is 19.4. The Balaban J connectivity index is 2.24. The van der Waals surface area contributed by atoms with Gasteiger partial charge < -0.3 is 10.6 Å². The number of aromatic nitrogens is 3. The van der Waals surface area contributed by atoms with E-state index in [2.05, 4.69) is 32.4 Å². The van der Waals surface area contributed by atoms with Crippen LogP contribution in [-0.4, -0.2) is 21.7 Å². The minimum absolute atomic E-state index is 0.0971. The summed E-state index contributed by atoms with van der Waals surface area (Å²) in [6, 6.07) is 5.14. The van der Waals surface area contributed by atoms with Crippen LogP contribution in [0.1, 0.15) is 5.56 Å². The quantitative estimate of drug-likeness (QED) is 0.829. The Hall–Kier alpha value is -2.64. The number of nitrogens with zero attached hydrogens (tertiary/aromatic N) is 3. The minimum atomic E-state index is -4.45. The summed E-state index contributed by atoms with van der Waals surface area (Å²) < 4.78 is 38.7. The van der Waals surface area contributed by atoms with E-state index in [4.69, 9.17) is 0 Å². The molecule has 110 valence electrons. The van der Waals surface area contributed by atoms with Gasteiger partial charge in [0.05, 0.1) is 17.4 Å². The molecule has 0 aliphatic rings. The van der Waals surface area contributed by atoms with E-state index in [0.29, 0.717) is 6.54 Å². The van der Waals surface area contributed by atoms with E-state index in [1.807, 2.05) is 0 Å². The zero-order chi connectivity index (χ0) is 15.3. The van der Waals surface area contributed by atoms with Crippen molar-refractivity contribution in [3.63, 3.8) is 0 Å². The second-order valence-corrected chi connectivity index (χ2v) is 4.00. The Morgan fingerprint density at radius 2 is 2.00 bits per heavy atom. The molecule has 0 radical (unpaired) electrons. The fourth-order valence-corrected chi connectivity index (χ4v) is 1.58. The average molecular weight is 295 g/mol. The van der Waals surface area contributed by atoms with Crippen LogP contribution >= 0.6 is 0 Å². The van der Waals surface area contributed by atoms with Crippen LogP contribution < -0.4 is 10.6 Å². The fraction of sp³-hybridized carbons (Fsp3) is 0.154. The van der Waals surface area contributed by atoms with Gasteiger partial charge in [0.1, 0.15) is 0 Å². The highest BCUT2D eigenvalue weighted by molar-refractivity contribution is 5.61. The van der Waals surface area contributed by atoms with Gasteiger partial charge in [-0.05, 0) is 12.1 Å². The van der Waals surface area contributed by atoms with Crippen molar-refractivity contribution >= 4 is 17.5 Å². The predicted molar refractivity (Wildman–Crippen MR) is 73.2 cm³/mol. The predicted octanol–water partition coefficient (Wildman–Crippen LogP) is 3.23. The lowest BCUT2D eigenvalue weighted by atomic mass is 10.1. The van der Waals surface area contributed by atoms with Crippen molar-refractivity contribution in [1.82, 2.24) is 15.2 Å². The van der Waals surface area contributed by atoms with Crippen molar-refractivity contribution in [3.05, 3.63) is 48.7 Å². The van der Waals surface area contributed by atoms with Crippen molar-refractivity contribution in [1.29, 1.82) is 0 Å². The van der Waals surface area contributed by atoms with Crippen molar-refractivity contribution in [2.45, 2.75) is 6.18 Å². The smallest absolute Gasteiger partial charge is 0.349 e. The molecule has 1 aromatic heterocycles. The van der Waals surface area contributed by atoms with E-state index in [-0.39, 0.29) is 17.5 Å². The largest absolute Gasteiger partial charge is 0.418 e. The first-order valence-electron chi connectivity index (χ1n) is 5.98. The van der Waals surface area contributed by atoms with E-state index >= 15 is 0 Å². The highest BCUT2D eigenvalue weighted by Crippen LogP contribution is 2.35. The first-order valence-corrected chi connectivity index (χ1v) is 5.98. The lowest BCUT2D eigenvalue weighted by molar-refractivity contribution is -0.136. The third kappa shape index (κ3) is 3.91.